The fourth-order valence-corrected chi connectivity index (χ4v) is 14.4. The van der Waals surface area contributed by atoms with E-state index in [4.69, 9.17) is 0 Å². The predicted molar refractivity (Wildman–Crippen MR) is 136 cm³/mol. The second-order valence-electron chi connectivity index (χ2n) is 10.3. The van der Waals surface area contributed by atoms with E-state index >= 15 is 0 Å². The normalized spacial score (nSPS) is 24.0. The number of fused-ring (bicyclic) bond motifs is 2. The molecule has 0 bridgehead atoms. The van der Waals surface area contributed by atoms with Crippen molar-refractivity contribution in [3.63, 3.8) is 0 Å². The van der Waals surface area contributed by atoms with Crippen molar-refractivity contribution in [1.29, 1.82) is 0 Å². The van der Waals surface area contributed by atoms with Gasteiger partial charge in [0.15, 0.2) is 0 Å². The van der Waals surface area contributed by atoms with Crippen molar-refractivity contribution >= 4 is 20.1 Å². The summed E-state index contributed by atoms with van der Waals surface area (Å²) in [5, 5.41) is 1.94. The maximum atomic E-state index is 2.73. The molecule has 0 aromatic heterocycles. The van der Waals surface area contributed by atoms with Gasteiger partial charge in [-0.1, -0.05) is 0 Å². The Morgan fingerprint density at radius 2 is 1.21 bits per heavy atom. The van der Waals surface area contributed by atoms with Gasteiger partial charge < -0.3 is 24.8 Å². The molecule has 2 unspecified atom stereocenters. The zero-order chi connectivity index (χ0) is 21.3. The van der Waals surface area contributed by atoms with Crippen LogP contribution in [0.1, 0.15) is 94.9 Å². The van der Waals surface area contributed by atoms with Crippen molar-refractivity contribution < 1.29 is 44.0 Å². The van der Waals surface area contributed by atoms with Gasteiger partial charge >= 0.3 is 205 Å². The Balaban J connectivity index is 0.00000137. The van der Waals surface area contributed by atoms with Crippen LogP contribution in [0, 0.1) is 0 Å². The Kier molecular flexibility index (Phi) is 9.62. The molecule has 0 radical (unpaired) electrons. The molecular weight excluding hydrogens is 510 g/mol. The van der Waals surface area contributed by atoms with Gasteiger partial charge in [-0.25, -0.2) is 0 Å². The SMILES string of the molecule is C1=C[CH]([Ti+2][CH]2C(P(C3CCCCC3)C3CCCCC3)=Cc3ccccc32)c2ccccc21.[Cl-].[Cl-]. The van der Waals surface area contributed by atoms with Crippen molar-refractivity contribution in [2.45, 2.75) is 84.0 Å². The first kappa shape index (κ1) is 26.7. The quantitative estimate of drug-likeness (QED) is 0.401. The monoisotopic (exact) mass is 544 g/mol. The standard InChI is InChI=1S/C21H28P.C9H7.2ClH.Ti/c1-3-11-19(12-4-1)22(20-13-5-2-6-14-20)21-15-17-9-7-8-10-18(17)16-21;1-2-5-9-7-3-6-8(9)4-1;;;/h7-10,15-16,19-20H,1-6,11-14H2;1-7H;2*1H;/q;;;;+2/p-2. The van der Waals surface area contributed by atoms with Gasteiger partial charge in [0.25, 0.3) is 0 Å². The van der Waals surface area contributed by atoms with Gasteiger partial charge in [-0.3, -0.25) is 0 Å². The minimum Gasteiger partial charge on any atom is -1.00 e. The number of halogens is 2. The number of allylic oxidation sites excluding steroid dienone is 2. The largest absolute Gasteiger partial charge is 1.00 e. The zero-order valence-electron chi connectivity index (χ0n) is 19.9. The van der Waals surface area contributed by atoms with Gasteiger partial charge in [0.2, 0.25) is 0 Å². The Morgan fingerprint density at radius 1 is 0.647 bits per heavy atom. The Bertz CT molecular complexity index is 1000. The Labute approximate surface area is 229 Å². The average molecular weight is 545 g/mol. The molecule has 178 valence electrons. The summed E-state index contributed by atoms with van der Waals surface area (Å²) >= 11 is -0.192. The number of benzene rings is 2. The van der Waals surface area contributed by atoms with Gasteiger partial charge in [-0.15, -0.1) is 0 Å². The first-order valence-corrected chi connectivity index (χ1v) is 16.3. The van der Waals surface area contributed by atoms with Crippen LogP contribution in [0.2, 0.25) is 0 Å². The molecule has 0 spiro atoms. The molecule has 0 heterocycles. The molecule has 2 saturated carbocycles. The second kappa shape index (κ2) is 12.3. The first-order chi connectivity index (χ1) is 15.9. The fourth-order valence-electron chi connectivity index (χ4n) is 6.72. The van der Waals surface area contributed by atoms with E-state index in [9.17, 15) is 0 Å². The molecule has 2 aromatic rings. The fraction of sp³-hybridized carbons (Fsp3) is 0.467. The Hall–Kier alpha value is -0.356. The average Bonchev–Trinajstić information content (AvgIpc) is 3.43. The van der Waals surface area contributed by atoms with E-state index in [1.54, 1.807) is 16.7 Å². The summed E-state index contributed by atoms with van der Waals surface area (Å²) in [6.07, 6.45) is 22.6. The van der Waals surface area contributed by atoms with E-state index in [0.29, 0.717) is 4.22 Å². The van der Waals surface area contributed by atoms with Gasteiger partial charge in [0.05, 0.1) is 0 Å². The molecule has 2 fully saturated rings. The smallest absolute Gasteiger partial charge is 1.00 e. The topological polar surface area (TPSA) is 0 Å². The second-order valence-corrected chi connectivity index (χ2v) is 15.4. The molecule has 34 heavy (non-hydrogen) atoms. The number of hydrogen-bond donors (Lipinski definition) is 0. The summed E-state index contributed by atoms with van der Waals surface area (Å²) < 4.78 is 1.45. The molecule has 4 aliphatic carbocycles. The maximum Gasteiger partial charge on any atom is -1.00 e. The molecule has 0 N–H and O–H groups in total. The van der Waals surface area contributed by atoms with E-state index in [0.717, 1.165) is 15.5 Å². The van der Waals surface area contributed by atoms with Crippen LogP contribution in [0.4, 0.5) is 0 Å². The summed E-state index contributed by atoms with van der Waals surface area (Å²) in [7, 11) is -0.00301. The van der Waals surface area contributed by atoms with Gasteiger partial charge in [-0.2, -0.15) is 0 Å². The van der Waals surface area contributed by atoms with Crippen molar-refractivity contribution in [3.05, 3.63) is 82.2 Å². The van der Waals surface area contributed by atoms with E-state index in [2.05, 4.69) is 66.8 Å². The van der Waals surface area contributed by atoms with Gasteiger partial charge in [-0.05, 0) is 0 Å². The molecule has 4 aliphatic rings. The summed E-state index contributed by atoms with van der Waals surface area (Å²) in [5.41, 5.74) is 8.33. The van der Waals surface area contributed by atoms with E-state index in [1.807, 2.05) is 5.31 Å². The van der Waals surface area contributed by atoms with Crippen LogP contribution in [0.15, 0.2) is 59.9 Å². The third kappa shape index (κ3) is 5.33. The molecule has 2 atom stereocenters. The molecular formula is C30H35Cl2PTi. The van der Waals surface area contributed by atoms with E-state index in [-0.39, 0.29) is 51.9 Å². The van der Waals surface area contributed by atoms with Crippen LogP contribution in [0.3, 0.4) is 0 Å². The summed E-state index contributed by atoms with van der Waals surface area (Å²) in [4.78, 5) is 0. The van der Waals surface area contributed by atoms with Crippen molar-refractivity contribution in [3.8, 4) is 0 Å². The van der Waals surface area contributed by atoms with Crippen molar-refractivity contribution in [1.82, 2.24) is 0 Å². The van der Waals surface area contributed by atoms with Gasteiger partial charge in [0.1, 0.15) is 0 Å². The summed E-state index contributed by atoms with van der Waals surface area (Å²) in [6.45, 7) is 0. The molecule has 2 aromatic carbocycles. The Morgan fingerprint density at radius 3 is 1.85 bits per heavy atom. The predicted octanol–water partition coefficient (Wildman–Crippen LogP) is 3.09. The maximum absolute atomic E-state index is 2.73. The van der Waals surface area contributed by atoms with Crippen LogP contribution in [-0.4, -0.2) is 11.3 Å². The molecule has 0 amide bonds. The zero-order valence-corrected chi connectivity index (χ0v) is 23.9. The molecule has 6 rings (SSSR count). The summed E-state index contributed by atoms with van der Waals surface area (Å²) in [5.74, 6) is 0. The molecule has 0 aliphatic heterocycles. The minimum atomic E-state index is -0.192. The van der Waals surface area contributed by atoms with Gasteiger partial charge in [0, 0.05) is 0 Å². The van der Waals surface area contributed by atoms with Crippen LogP contribution in [0.5, 0.6) is 0 Å². The van der Waals surface area contributed by atoms with Crippen molar-refractivity contribution in [2.24, 2.45) is 0 Å². The molecule has 4 heteroatoms. The minimum absolute atomic E-state index is 0. The van der Waals surface area contributed by atoms with Crippen molar-refractivity contribution in [2.75, 3.05) is 0 Å². The third-order valence-electron chi connectivity index (χ3n) is 8.29. The molecule has 0 nitrogen and oxygen atoms in total. The summed E-state index contributed by atoms with van der Waals surface area (Å²) in [6, 6.07) is 18.6. The first-order valence-electron chi connectivity index (χ1n) is 13.0. The van der Waals surface area contributed by atoms with Crippen LogP contribution >= 0.6 is 7.92 Å². The van der Waals surface area contributed by atoms with Crippen LogP contribution in [0.25, 0.3) is 12.2 Å². The molecule has 0 saturated heterocycles. The number of rotatable bonds is 5. The number of hydrogen-bond acceptors (Lipinski definition) is 0. The van der Waals surface area contributed by atoms with Crippen LogP contribution in [-0.2, 0) is 19.2 Å². The third-order valence-corrected chi connectivity index (χ3v) is 15.1. The van der Waals surface area contributed by atoms with Crippen LogP contribution < -0.4 is 24.8 Å². The van der Waals surface area contributed by atoms with E-state index in [1.165, 1.54) is 69.8 Å². The van der Waals surface area contributed by atoms with E-state index < -0.39 is 0 Å².